The molecule has 0 aliphatic heterocycles. The third-order valence-electron chi connectivity index (χ3n) is 1.39. The Bertz CT molecular complexity index is 177. The molecule has 0 amide bonds. The van der Waals surface area contributed by atoms with Crippen molar-refractivity contribution in [3.8, 4) is 0 Å². The molecule has 0 unspecified atom stereocenters. The molecular weight excluding hydrogens is 164 g/mol. The lowest BCUT2D eigenvalue weighted by molar-refractivity contribution is 0.455. The predicted molar refractivity (Wildman–Crippen MR) is 46.6 cm³/mol. The maximum absolute atomic E-state index is 5.68. The van der Waals surface area contributed by atoms with Crippen molar-refractivity contribution in [3.63, 3.8) is 0 Å². The van der Waals surface area contributed by atoms with E-state index in [-0.39, 0.29) is 18.4 Å². The molecule has 1 atom stereocenters. The Morgan fingerprint density at radius 2 is 2.27 bits per heavy atom. The fourth-order valence-corrected chi connectivity index (χ4v) is 0.824. The van der Waals surface area contributed by atoms with E-state index in [1.165, 1.54) is 0 Å². The average Bonchev–Trinajstić information content (AvgIpc) is 2.38. The second-order valence-corrected chi connectivity index (χ2v) is 2.20. The zero-order valence-electron chi connectivity index (χ0n) is 6.19. The molecule has 0 saturated heterocycles. The van der Waals surface area contributed by atoms with Crippen molar-refractivity contribution in [2.75, 3.05) is 6.54 Å². The Labute approximate surface area is 72.2 Å². The summed E-state index contributed by atoms with van der Waals surface area (Å²) in [4.78, 5) is 0. The SMILES string of the molecule is Cl.NCC[C@@H](N)c1ccco1. The lowest BCUT2D eigenvalue weighted by Crippen LogP contribution is -2.14. The third kappa shape index (κ3) is 2.93. The lowest BCUT2D eigenvalue weighted by atomic mass is 10.2. The minimum absolute atomic E-state index is 0. The first kappa shape index (κ1) is 10.5. The maximum atomic E-state index is 5.68. The Morgan fingerprint density at radius 1 is 1.55 bits per heavy atom. The average molecular weight is 177 g/mol. The van der Waals surface area contributed by atoms with E-state index in [1.54, 1.807) is 6.26 Å². The molecule has 0 fully saturated rings. The van der Waals surface area contributed by atoms with E-state index in [2.05, 4.69) is 0 Å². The van der Waals surface area contributed by atoms with E-state index >= 15 is 0 Å². The van der Waals surface area contributed by atoms with E-state index < -0.39 is 0 Å². The van der Waals surface area contributed by atoms with E-state index in [0.29, 0.717) is 6.54 Å². The summed E-state index contributed by atoms with van der Waals surface area (Å²) in [5, 5.41) is 0. The molecule has 1 rings (SSSR count). The Hall–Kier alpha value is -0.510. The van der Waals surface area contributed by atoms with Crippen LogP contribution in [0.1, 0.15) is 18.2 Å². The summed E-state index contributed by atoms with van der Waals surface area (Å²) in [6, 6.07) is 3.64. The van der Waals surface area contributed by atoms with Gasteiger partial charge in [-0.15, -0.1) is 12.4 Å². The van der Waals surface area contributed by atoms with Crippen LogP contribution < -0.4 is 11.5 Å². The summed E-state index contributed by atoms with van der Waals surface area (Å²) in [5.41, 5.74) is 11.0. The van der Waals surface area contributed by atoms with Crippen molar-refractivity contribution in [2.45, 2.75) is 12.5 Å². The topological polar surface area (TPSA) is 65.2 Å². The highest BCUT2D eigenvalue weighted by Gasteiger charge is 2.05. The Morgan fingerprint density at radius 3 is 2.73 bits per heavy atom. The molecule has 1 aromatic heterocycles. The summed E-state index contributed by atoms with van der Waals surface area (Å²) in [6.07, 6.45) is 2.39. The number of rotatable bonds is 3. The van der Waals surface area contributed by atoms with Crippen molar-refractivity contribution >= 4 is 12.4 Å². The van der Waals surface area contributed by atoms with Gasteiger partial charge in [-0.3, -0.25) is 0 Å². The van der Waals surface area contributed by atoms with Crippen molar-refractivity contribution < 1.29 is 4.42 Å². The van der Waals surface area contributed by atoms with E-state index in [1.807, 2.05) is 12.1 Å². The van der Waals surface area contributed by atoms with Gasteiger partial charge in [0, 0.05) is 0 Å². The molecule has 4 heteroatoms. The molecule has 64 valence electrons. The predicted octanol–water partition coefficient (Wildman–Crippen LogP) is 1.05. The van der Waals surface area contributed by atoms with Gasteiger partial charge in [0.1, 0.15) is 5.76 Å². The zero-order valence-corrected chi connectivity index (χ0v) is 7.01. The van der Waals surface area contributed by atoms with Gasteiger partial charge in [-0.25, -0.2) is 0 Å². The molecule has 1 heterocycles. The monoisotopic (exact) mass is 176 g/mol. The van der Waals surface area contributed by atoms with Gasteiger partial charge in [-0.2, -0.15) is 0 Å². The van der Waals surface area contributed by atoms with Crippen LogP contribution in [0.25, 0.3) is 0 Å². The minimum Gasteiger partial charge on any atom is -0.468 e. The first-order valence-electron chi connectivity index (χ1n) is 3.33. The summed E-state index contributed by atoms with van der Waals surface area (Å²) in [6.45, 7) is 0.599. The van der Waals surface area contributed by atoms with Gasteiger partial charge in [0.05, 0.1) is 12.3 Å². The van der Waals surface area contributed by atoms with Gasteiger partial charge in [0.2, 0.25) is 0 Å². The Balaban J connectivity index is 0.000001000. The summed E-state index contributed by atoms with van der Waals surface area (Å²) >= 11 is 0. The molecule has 0 saturated carbocycles. The van der Waals surface area contributed by atoms with Crippen LogP contribution in [0.5, 0.6) is 0 Å². The highest BCUT2D eigenvalue weighted by atomic mass is 35.5. The number of hydrogen-bond donors (Lipinski definition) is 2. The first-order chi connectivity index (χ1) is 4.84. The number of halogens is 1. The molecule has 0 aliphatic rings. The van der Waals surface area contributed by atoms with Crippen molar-refractivity contribution in [1.29, 1.82) is 0 Å². The van der Waals surface area contributed by atoms with Gasteiger partial charge >= 0.3 is 0 Å². The van der Waals surface area contributed by atoms with Crippen LogP contribution in [0, 0.1) is 0 Å². The largest absolute Gasteiger partial charge is 0.468 e. The van der Waals surface area contributed by atoms with Crippen LogP contribution in [0.2, 0.25) is 0 Å². The fraction of sp³-hybridized carbons (Fsp3) is 0.429. The second kappa shape index (κ2) is 5.18. The van der Waals surface area contributed by atoms with Crippen molar-refractivity contribution in [1.82, 2.24) is 0 Å². The smallest absolute Gasteiger partial charge is 0.120 e. The van der Waals surface area contributed by atoms with Crippen LogP contribution in [-0.4, -0.2) is 6.54 Å². The number of hydrogen-bond acceptors (Lipinski definition) is 3. The number of nitrogens with two attached hydrogens (primary N) is 2. The van der Waals surface area contributed by atoms with Crippen molar-refractivity contribution in [2.24, 2.45) is 11.5 Å². The first-order valence-corrected chi connectivity index (χ1v) is 3.33. The van der Waals surface area contributed by atoms with Crippen LogP contribution in [0.3, 0.4) is 0 Å². The zero-order chi connectivity index (χ0) is 7.40. The molecule has 0 aliphatic carbocycles. The highest BCUT2D eigenvalue weighted by molar-refractivity contribution is 5.85. The normalized spacial score (nSPS) is 12.2. The van der Waals surface area contributed by atoms with Gasteiger partial charge in [0.25, 0.3) is 0 Å². The van der Waals surface area contributed by atoms with Crippen molar-refractivity contribution in [3.05, 3.63) is 24.2 Å². The molecule has 4 N–H and O–H groups in total. The highest BCUT2D eigenvalue weighted by Crippen LogP contribution is 2.12. The molecule has 0 spiro atoms. The van der Waals surface area contributed by atoms with Crippen LogP contribution >= 0.6 is 12.4 Å². The summed E-state index contributed by atoms with van der Waals surface area (Å²) < 4.78 is 5.07. The van der Waals surface area contributed by atoms with E-state index in [0.717, 1.165) is 12.2 Å². The molecule has 0 bridgehead atoms. The quantitative estimate of drug-likeness (QED) is 0.724. The fourth-order valence-electron chi connectivity index (χ4n) is 0.824. The molecular formula is C7H13ClN2O. The van der Waals surface area contributed by atoms with E-state index in [9.17, 15) is 0 Å². The van der Waals surface area contributed by atoms with Gasteiger partial charge in [0.15, 0.2) is 0 Å². The standard InChI is InChI=1S/C7H12N2O.ClH/c8-4-3-6(9)7-2-1-5-10-7;/h1-2,5-6H,3-4,8-9H2;1H/t6-;/m1./s1. The second-order valence-electron chi connectivity index (χ2n) is 2.20. The third-order valence-corrected chi connectivity index (χ3v) is 1.39. The van der Waals surface area contributed by atoms with Gasteiger partial charge in [-0.1, -0.05) is 0 Å². The molecule has 3 nitrogen and oxygen atoms in total. The summed E-state index contributed by atoms with van der Waals surface area (Å²) in [5.74, 6) is 0.811. The van der Waals surface area contributed by atoms with Crippen LogP contribution in [-0.2, 0) is 0 Å². The molecule has 0 aromatic carbocycles. The molecule has 0 radical (unpaired) electrons. The van der Waals surface area contributed by atoms with Gasteiger partial charge in [-0.05, 0) is 25.1 Å². The van der Waals surface area contributed by atoms with E-state index in [4.69, 9.17) is 15.9 Å². The maximum Gasteiger partial charge on any atom is 0.120 e. The Kier molecular flexibility index (Phi) is 4.94. The molecule has 11 heavy (non-hydrogen) atoms. The summed E-state index contributed by atoms with van der Waals surface area (Å²) in [7, 11) is 0. The lowest BCUT2D eigenvalue weighted by Gasteiger charge is -2.04. The van der Waals surface area contributed by atoms with Gasteiger partial charge < -0.3 is 15.9 Å². The van der Waals surface area contributed by atoms with Crippen LogP contribution in [0.15, 0.2) is 22.8 Å². The number of furan rings is 1. The van der Waals surface area contributed by atoms with Crippen LogP contribution in [0.4, 0.5) is 0 Å². The minimum atomic E-state index is -0.0417. The molecule has 1 aromatic rings.